The predicted molar refractivity (Wildman–Crippen MR) is 63.9 cm³/mol. The predicted octanol–water partition coefficient (Wildman–Crippen LogP) is 1.47. The fraction of sp³-hybridized carbons (Fsp3) is 1.00. The highest BCUT2D eigenvalue weighted by atomic mass is 16.5. The maximum atomic E-state index is 6.55. The average Bonchev–Trinajstić information content (AvgIpc) is 2.30. The van der Waals surface area contributed by atoms with E-state index in [-0.39, 0.29) is 5.54 Å². The van der Waals surface area contributed by atoms with Gasteiger partial charge in [0.2, 0.25) is 0 Å². The van der Waals surface area contributed by atoms with Crippen molar-refractivity contribution < 1.29 is 4.74 Å². The van der Waals surface area contributed by atoms with Crippen molar-refractivity contribution in [3.63, 3.8) is 0 Å². The molecule has 15 heavy (non-hydrogen) atoms. The summed E-state index contributed by atoms with van der Waals surface area (Å²) in [6.45, 7) is 8.24. The quantitative estimate of drug-likeness (QED) is 0.753. The van der Waals surface area contributed by atoms with Gasteiger partial charge in [-0.2, -0.15) is 0 Å². The zero-order valence-corrected chi connectivity index (χ0v) is 10.5. The van der Waals surface area contributed by atoms with E-state index >= 15 is 0 Å². The van der Waals surface area contributed by atoms with E-state index in [4.69, 9.17) is 10.5 Å². The van der Waals surface area contributed by atoms with Gasteiger partial charge in [0.15, 0.2) is 0 Å². The van der Waals surface area contributed by atoms with Crippen LogP contribution in [0.4, 0.5) is 0 Å². The molecule has 1 heterocycles. The van der Waals surface area contributed by atoms with Crippen molar-refractivity contribution in [3.05, 3.63) is 0 Å². The summed E-state index contributed by atoms with van der Waals surface area (Å²) in [4.78, 5) is 2.32. The van der Waals surface area contributed by atoms with Crippen molar-refractivity contribution in [2.45, 2.75) is 38.6 Å². The van der Waals surface area contributed by atoms with Crippen LogP contribution in [0.25, 0.3) is 0 Å². The normalized spacial score (nSPS) is 23.0. The fourth-order valence-electron chi connectivity index (χ4n) is 2.42. The van der Waals surface area contributed by atoms with Gasteiger partial charge in [-0.3, -0.25) is 0 Å². The van der Waals surface area contributed by atoms with E-state index in [0.717, 1.165) is 45.6 Å². The third-order valence-electron chi connectivity index (χ3n) is 3.80. The molecule has 1 fully saturated rings. The molecule has 0 aromatic rings. The van der Waals surface area contributed by atoms with Crippen LogP contribution in [0.15, 0.2) is 0 Å². The SMILES string of the molecule is CCN(C)CC(N)(CC)C1CCOCC1. The van der Waals surface area contributed by atoms with Crippen LogP contribution >= 0.6 is 0 Å². The molecule has 0 amide bonds. The minimum atomic E-state index is -0.0193. The van der Waals surface area contributed by atoms with Crippen LogP contribution in [0.5, 0.6) is 0 Å². The highest BCUT2D eigenvalue weighted by Crippen LogP contribution is 2.28. The first-order valence-corrected chi connectivity index (χ1v) is 6.17. The van der Waals surface area contributed by atoms with Crippen LogP contribution in [0.1, 0.15) is 33.1 Å². The summed E-state index contributed by atoms with van der Waals surface area (Å²) < 4.78 is 5.40. The van der Waals surface area contributed by atoms with E-state index in [1.807, 2.05) is 0 Å². The zero-order valence-electron chi connectivity index (χ0n) is 10.5. The summed E-state index contributed by atoms with van der Waals surface area (Å²) in [6.07, 6.45) is 3.31. The van der Waals surface area contributed by atoms with Crippen LogP contribution in [0, 0.1) is 5.92 Å². The molecule has 0 aliphatic carbocycles. The molecule has 1 atom stereocenters. The lowest BCUT2D eigenvalue weighted by atomic mass is 9.77. The van der Waals surface area contributed by atoms with Gasteiger partial charge in [-0.05, 0) is 38.8 Å². The Morgan fingerprint density at radius 1 is 1.33 bits per heavy atom. The molecule has 0 bridgehead atoms. The number of nitrogens with zero attached hydrogens (tertiary/aromatic N) is 1. The summed E-state index contributed by atoms with van der Waals surface area (Å²) >= 11 is 0. The summed E-state index contributed by atoms with van der Waals surface area (Å²) in [7, 11) is 2.15. The van der Waals surface area contributed by atoms with Crippen LogP contribution in [-0.2, 0) is 4.74 Å². The van der Waals surface area contributed by atoms with Crippen molar-refractivity contribution in [3.8, 4) is 0 Å². The lowest BCUT2D eigenvalue weighted by molar-refractivity contribution is 0.0290. The molecule has 1 rings (SSSR count). The highest BCUT2D eigenvalue weighted by molar-refractivity contribution is 4.93. The van der Waals surface area contributed by atoms with Crippen LogP contribution in [0.2, 0.25) is 0 Å². The van der Waals surface area contributed by atoms with E-state index in [9.17, 15) is 0 Å². The minimum Gasteiger partial charge on any atom is -0.381 e. The van der Waals surface area contributed by atoms with Crippen LogP contribution in [0.3, 0.4) is 0 Å². The van der Waals surface area contributed by atoms with Crippen molar-refractivity contribution in [1.29, 1.82) is 0 Å². The van der Waals surface area contributed by atoms with Gasteiger partial charge in [-0.1, -0.05) is 13.8 Å². The first-order chi connectivity index (χ1) is 7.12. The molecule has 0 radical (unpaired) electrons. The van der Waals surface area contributed by atoms with E-state index in [0.29, 0.717) is 5.92 Å². The Labute approximate surface area is 94.0 Å². The van der Waals surface area contributed by atoms with Gasteiger partial charge < -0.3 is 15.4 Å². The molecule has 1 aliphatic heterocycles. The number of hydrogen-bond acceptors (Lipinski definition) is 3. The number of rotatable bonds is 5. The van der Waals surface area contributed by atoms with E-state index in [1.165, 1.54) is 0 Å². The Morgan fingerprint density at radius 2 is 1.93 bits per heavy atom. The molecule has 3 nitrogen and oxygen atoms in total. The Bertz CT molecular complexity index is 180. The fourth-order valence-corrected chi connectivity index (χ4v) is 2.42. The molecular formula is C12H26N2O. The molecule has 90 valence electrons. The standard InChI is InChI=1S/C12H26N2O/c1-4-12(13,10-14(3)5-2)11-6-8-15-9-7-11/h11H,4-10,13H2,1-3H3. The van der Waals surface area contributed by atoms with Gasteiger partial charge in [0.1, 0.15) is 0 Å². The molecule has 1 saturated heterocycles. The number of likely N-dealkylation sites (N-methyl/N-ethyl adjacent to an activating group) is 1. The minimum absolute atomic E-state index is 0.0193. The van der Waals surface area contributed by atoms with E-state index in [1.54, 1.807) is 0 Å². The van der Waals surface area contributed by atoms with E-state index < -0.39 is 0 Å². The van der Waals surface area contributed by atoms with Gasteiger partial charge in [-0.25, -0.2) is 0 Å². The van der Waals surface area contributed by atoms with Crippen molar-refractivity contribution in [1.82, 2.24) is 4.90 Å². The molecule has 1 unspecified atom stereocenters. The summed E-state index contributed by atoms with van der Waals surface area (Å²) in [5.74, 6) is 0.630. The molecule has 0 spiro atoms. The maximum absolute atomic E-state index is 6.55. The van der Waals surface area contributed by atoms with Gasteiger partial charge in [0, 0.05) is 25.3 Å². The molecule has 1 aliphatic rings. The smallest absolute Gasteiger partial charge is 0.0469 e. The Morgan fingerprint density at radius 3 is 2.40 bits per heavy atom. The van der Waals surface area contributed by atoms with Crippen molar-refractivity contribution in [2.24, 2.45) is 11.7 Å². The molecule has 2 N–H and O–H groups in total. The van der Waals surface area contributed by atoms with E-state index in [2.05, 4.69) is 25.8 Å². The number of ether oxygens (including phenoxy) is 1. The van der Waals surface area contributed by atoms with Crippen LogP contribution < -0.4 is 5.73 Å². The lowest BCUT2D eigenvalue weighted by Gasteiger charge is -2.41. The molecule has 0 aromatic carbocycles. The Hall–Kier alpha value is -0.120. The van der Waals surface area contributed by atoms with Crippen LogP contribution in [-0.4, -0.2) is 43.8 Å². The van der Waals surface area contributed by atoms with Gasteiger partial charge >= 0.3 is 0 Å². The van der Waals surface area contributed by atoms with Crippen molar-refractivity contribution >= 4 is 0 Å². The first kappa shape index (κ1) is 12.9. The van der Waals surface area contributed by atoms with Crippen molar-refractivity contribution in [2.75, 3.05) is 33.4 Å². The van der Waals surface area contributed by atoms with Gasteiger partial charge in [-0.15, -0.1) is 0 Å². The second-order valence-electron chi connectivity index (χ2n) is 4.80. The third kappa shape index (κ3) is 3.44. The third-order valence-corrected chi connectivity index (χ3v) is 3.80. The number of hydrogen-bond donors (Lipinski definition) is 1. The lowest BCUT2D eigenvalue weighted by Crippen LogP contribution is -2.55. The molecule has 0 saturated carbocycles. The Kier molecular flexibility index (Phi) is 5.03. The monoisotopic (exact) mass is 214 g/mol. The average molecular weight is 214 g/mol. The topological polar surface area (TPSA) is 38.5 Å². The Balaban J connectivity index is 2.56. The van der Waals surface area contributed by atoms with Gasteiger partial charge in [0.05, 0.1) is 0 Å². The second-order valence-corrected chi connectivity index (χ2v) is 4.80. The molecular weight excluding hydrogens is 188 g/mol. The van der Waals surface area contributed by atoms with Gasteiger partial charge in [0.25, 0.3) is 0 Å². The summed E-state index contributed by atoms with van der Waals surface area (Å²) in [5, 5.41) is 0. The second kappa shape index (κ2) is 5.83. The molecule has 0 aromatic heterocycles. The number of nitrogens with two attached hydrogens (primary N) is 1. The summed E-state index contributed by atoms with van der Waals surface area (Å²) in [5.41, 5.74) is 6.53. The maximum Gasteiger partial charge on any atom is 0.0469 e. The highest BCUT2D eigenvalue weighted by Gasteiger charge is 2.34. The first-order valence-electron chi connectivity index (χ1n) is 6.17. The molecule has 3 heteroatoms. The largest absolute Gasteiger partial charge is 0.381 e. The summed E-state index contributed by atoms with van der Waals surface area (Å²) in [6, 6.07) is 0. The zero-order chi connectivity index (χ0) is 11.3.